The quantitative estimate of drug-likeness (QED) is 0.107. The number of hydrogen-bond acceptors (Lipinski definition) is 8. The van der Waals surface area contributed by atoms with Gasteiger partial charge in [-0.05, 0) is 69.8 Å². The molecule has 3 amide bonds. The lowest BCUT2D eigenvalue weighted by atomic mass is 9.70. The third kappa shape index (κ3) is 8.97. The number of nitrogens with zero attached hydrogens (tertiary/aromatic N) is 2. The number of amides is 3. The second-order valence-corrected chi connectivity index (χ2v) is 16.4. The number of aliphatic hydroxyl groups excluding tert-OH is 1. The number of carbonyl (C=O) groups excluding carboxylic acids is 4. The summed E-state index contributed by atoms with van der Waals surface area (Å²) in [5, 5.41) is 12.4. The van der Waals surface area contributed by atoms with Gasteiger partial charge in [-0.2, -0.15) is 0 Å². The molecule has 2 N–H and O–H groups in total. The van der Waals surface area contributed by atoms with Crippen molar-refractivity contribution in [3.63, 3.8) is 0 Å². The van der Waals surface area contributed by atoms with Crippen LogP contribution in [0, 0.1) is 17.3 Å². The van der Waals surface area contributed by atoms with Crippen LogP contribution in [-0.2, 0) is 33.4 Å². The van der Waals surface area contributed by atoms with Crippen LogP contribution in [0.1, 0.15) is 97.7 Å². The van der Waals surface area contributed by atoms with Gasteiger partial charge in [-0.15, -0.1) is 13.2 Å². The lowest BCUT2D eigenvalue weighted by Gasteiger charge is -2.45. The van der Waals surface area contributed by atoms with Gasteiger partial charge in [-0.1, -0.05) is 63.3 Å². The highest BCUT2D eigenvalue weighted by molar-refractivity contribution is 5.98. The van der Waals surface area contributed by atoms with Crippen LogP contribution < -0.4 is 5.32 Å². The fraction of sp³-hybridized carbons (Fsp3) is 0.659. The molecule has 0 unspecified atom stereocenters. The average molecular weight is 724 g/mol. The van der Waals surface area contributed by atoms with E-state index in [1.165, 1.54) is 7.11 Å². The predicted molar refractivity (Wildman–Crippen MR) is 199 cm³/mol. The summed E-state index contributed by atoms with van der Waals surface area (Å²) in [5.41, 5.74) is -1.20. The van der Waals surface area contributed by atoms with E-state index in [2.05, 4.69) is 39.2 Å². The highest BCUT2D eigenvalue weighted by atomic mass is 16.6. The van der Waals surface area contributed by atoms with E-state index in [4.69, 9.17) is 14.2 Å². The number of allylic oxidation sites excluding steroid dienone is 1. The zero-order valence-corrected chi connectivity index (χ0v) is 32.1. The zero-order valence-electron chi connectivity index (χ0n) is 32.1. The Labute approximate surface area is 310 Å². The molecule has 3 fully saturated rings. The Kier molecular flexibility index (Phi) is 13.9. The Bertz CT molecular complexity index is 1420. The van der Waals surface area contributed by atoms with Gasteiger partial charge in [0, 0.05) is 38.8 Å². The number of aliphatic hydroxyl groups is 1. The molecule has 2 bridgehead atoms. The van der Waals surface area contributed by atoms with E-state index >= 15 is 4.79 Å². The van der Waals surface area contributed by atoms with Crippen molar-refractivity contribution in [1.29, 1.82) is 0 Å². The minimum absolute atomic E-state index is 0.0387. The summed E-state index contributed by atoms with van der Waals surface area (Å²) in [6.45, 7) is 18.8. The lowest BCUT2D eigenvalue weighted by Crippen LogP contribution is -2.61. The van der Waals surface area contributed by atoms with Crippen molar-refractivity contribution < 1.29 is 38.5 Å². The topological polar surface area (TPSA) is 135 Å². The van der Waals surface area contributed by atoms with Crippen molar-refractivity contribution in [2.24, 2.45) is 17.3 Å². The molecule has 0 radical (unpaired) electrons. The van der Waals surface area contributed by atoms with Gasteiger partial charge in [0.15, 0.2) is 0 Å². The Hall–Kier alpha value is -3.54. The molecule has 7 atom stereocenters. The minimum Gasteiger partial charge on any atom is -0.455 e. The van der Waals surface area contributed by atoms with Gasteiger partial charge < -0.3 is 34.4 Å². The number of esters is 1. The molecular weight excluding hydrogens is 662 g/mol. The minimum atomic E-state index is -1.20. The SMILES string of the molecule is C=CCCC(=O)N[C@@H](COC)[C@@H](OC(=O)[C@@H]1[C@@H]2CC[C@]3(O2)[C@H](C(=O)N(CC=C)C(C)(C)CC(C)(C)C)N(CCCCCO)C(=O)[C@@H]13)c1ccccc1. The monoisotopic (exact) mass is 723 g/mol. The van der Waals surface area contributed by atoms with Gasteiger partial charge in [-0.3, -0.25) is 19.2 Å². The number of benzene rings is 1. The molecule has 1 aromatic carbocycles. The molecule has 3 aliphatic rings. The Morgan fingerprint density at radius 3 is 2.44 bits per heavy atom. The smallest absolute Gasteiger partial charge is 0.313 e. The molecule has 3 saturated heterocycles. The van der Waals surface area contributed by atoms with Crippen molar-refractivity contribution >= 4 is 23.7 Å². The van der Waals surface area contributed by atoms with Crippen LogP contribution in [0.4, 0.5) is 0 Å². The summed E-state index contributed by atoms with van der Waals surface area (Å²) in [7, 11) is 1.52. The van der Waals surface area contributed by atoms with Crippen LogP contribution in [-0.4, -0.2) is 101 Å². The van der Waals surface area contributed by atoms with E-state index in [9.17, 15) is 19.5 Å². The maximum atomic E-state index is 15.0. The number of ether oxygens (including phenoxy) is 3. The van der Waals surface area contributed by atoms with Crippen LogP contribution in [0.25, 0.3) is 0 Å². The molecule has 11 heteroatoms. The van der Waals surface area contributed by atoms with Crippen molar-refractivity contribution in [2.75, 3.05) is 33.4 Å². The van der Waals surface area contributed by atoms with Crippen molar-refractivity contribution in [1.82, 2.24) is 15.1 Å². The van der Waals surface area contributed by atoms with E-state index < -0.39 is 53.2 Å². The van der Waals surface area contributed by atoms with Crippen LogP contribution in [0.3, 0.4) is 0 Å². The van der Waals surface area contributed by atoms with E-state index in [0.29, 0.717) is 63.6 Å². The number of hydrogen-bond donors (Lipinski definition) is 2. The molecule has 4 rings (SSSR count). The first-order chi connectivity index (χ1) is 24.7. The zero-order chi connectivity index (χ0) is 38.3. The summed E-state index contributed by atoms with van der Waals surface area (Å²) < 4.78 is 18.6. The van der Waals surface area contributed by atoms with Crippen molar-refractivity contribution in [2.45, 2.75) is 121 Å². The number of unbranched alkanes of at least 4 members (excludes halogenated alkanes) is 2. The number of fused-ring (bicyclic) bond motifs is 1. The predicted octanol–water partition coefficient (Wildman–Crippen LogP) is 5.13. The maximum absolute atomic E-state index is 15.0. The summed E-state index contributed by atoms with van der Waals surface area (Å²) in [6.07, 6.45) is 6.06. The Morgan fingerprint density at radius 1 is 1.12 bits per heavy atom. The third-order valence-corrected chi connectivity index (χ3v) is 10.6. The standard InChI is InChI=1S/C41H61N3O8/c1-9-11-20-31(46)42-29(26-50-8)34(28-18-14-12-15-19-28)51-38(49)32-30-21-22-41(52-30)33(32)36(47)43(24-16-13-17-25-45)35(41)37(48)44(23-10-2)40(6,7)27-39(3,4)5/h9-10,12,14-15,18-19,29-30,32-35,45H,1-2,11,13,16-17,20-27H2,3-8H3,(H,42,46)/t29-,30-,32+,33+,34-,35-,41+/m0/s1. The van der Waals surface area contributed by atoms with E-state index in [-0.39, 0.29) is 42.8 Å². The Balaban J connectivity index is 1.72. The molecule has 52 heavy (non-hydrogen) atoms. The van der Waals surface area contributed by atoms with E-state index in [1.54, 1.807) is 17.1 Å². The largest absolute Gasteiger partial charge is 0.455 e. The molecule has 3 heterocycles. The highest BCUT2D eigenvalue weighted by Gasteiger charge is 2.75. The normalized spacial score (nSPS) is 25.0. The van der Waals surface area contributed by atoms with Gasteiger partial charge in [0.2, 0.25) is 17.7 Å². The van der Waals surface area contributed by atoms with Gasteiger partial charge in [0.1, 0.15) is 17.7 Å². The third-order valence-electron chi connectivity index (χ3n) is 10.6. The van der Waals surface area contributed by atoms with Gasteiger partial charge in [0.25, 0.3) is 0 Å². The van der Waals surface area contributed by atoms with E-state index in [0.717, 1.165) is 0 Å². The maximum Gasteiger partial charge on any atom is 0.313 e. The van der Waals surface area contributed by atoms with Crippen LogP contribution >= 0.6 is 0 Å². The Morgan fingerprint density at radius 2 is 1.83 bits per heavy atom. The molecule has 1 spiro atoms. The molecule has 1 aromatic rings. The second-order valence-electron chi connectivity index (χ2n) is 16.4. The van der Waals surface area contributed by atoms with Gasteiger partial charge in [-0.25, -0.2) is 0 Å². The first-order valence-electron chi connectivity index (χ1n) is 18.8. The molecular formula is C41H61N3O8. The number of likely N-dealkylation sites (tertiary alicyclic amines) is 1. The van der Waals surface area contributed by atoms with E-state index in [1.807, 2.05) is 49.1 Å². The molecule has 3 aliphatic heterocycles. The number of methoxy groups -OCH3 is 1. The molecule has 0 aromatic heterocycles. The van der Waals surface area contributed by atoms with Crippen molar-refractivity contribution in [3.8, 4) is 0 Å². The fourth-order valence-corrected chi connectivity index (χ4v) is 8.94. The van der Waals surface area contributed by atoms with Gasteiger partial charge in [0.05, 0.1) is 30.6 Å². The van der Waals surface area contributed by atoms with Crippen LogP contribution in [0.2, 0.25) is 0 Å². The molecule has 11 nitrogen and oxygen atoms in total. The van der Waals surface area contributed by atoms with Crippen LogP contribution in [0.5, 0.6) is 0 Å². The van der Waals surface area contributed by atoms with Crippen molar-refractivity contribution in [3.05, 3.63) is 61.2 Å². The highest BCUT2D eigenvalue weighted by Crippen LogP contribution is 2.59. The second kappa shape index (κ2) is 17.5. The molecule has 0 aliphatic carbocycles. The van der Waals surface area contributed by atoms with Crippen LogP contribution in [0.15, 0.2) is 55.6 Å². The number of nitrogens with one attached hydrogen (secondary N) is 1. The number of carbonyl (C=O) groups is 4. The summed E-state index contributed by atoms with van der Waals surface area (Å²) in [5.74, 6) is -3.21. The summed E-state index contributed by atoms with van der Waals surface area (Å²) in [6, 6.07) is 7.52. The lowest BCUT2D eigenvalue weighted by molar-refractivity contribution is -0.163. The summed E-state index contributed by atoms with van der Waals surface area (Å²) in [4.78, 5) is 60.6. The first-order valence-corrected chi connectivity index (χ1v) is 18.8. The van der Waals surface area contributed by atoms with Gasteiger partial charge >= 0.3 is 5.97 Å². The first kappa shape index (κ1) is 41.2. The number of rotatable bonds is 20. The molecule has 0 saturated carbocycles. The summed E-state index contributed by atoms with van der Waals surface area (Å²) >= 11 is 0. The fourth-order valence-electron chi connectivity index (χ4n) is 8.94. The average Bonchev–Trinajstić information content (AvgIpc) is 3.73. The molecule has 288 valence electrons.